The summed E-state index contributed by atoms with van der Waals surface area (Å²) in [6.45, 7) is -3.18. The number of alkyl halides is 2. The molecule has 0 bridgehead atoms. The molecule has 0 saturated heterocycles. The van der Waals surface area contributed by atoms with Crippen molar-refractivity contribution in [2.45, 2.75) is 6.61 Å². The van der Waals surface area contributed by atoms with Crippen LogP contribution >= 0.6 is 0 Å². The van der Waals surface area contributed by atoms with Crippen molar-refractivity contribution in [2.24, 2.45) is 0 Å². The quantitative estimate of drug-likeness (QED) is 0.765. The monoisotopic (exact) mass is 245 g/mol. The lowest BCUT2D eigenvalue weighted by Crippen LogP contribution is -2.09. The lowest BCUT2D eigenvalue weighted by molar-refractivity contribution is -0.0501. The van der Waals surface area contributed by atoms with Gasteiger partial charge >= 0.3 is 12.6 Å². The molecule has 0 atom stereocenters. The molecule has 90 valence electrons. The van der Waals surface area contributed by atoms with E-state index in [1.54, 1.807) is 0 Å². The zero-order valence-electron chi connectivity index (χ0n) is 8.54. The summed E-state index contributed by atoms with van der Waals surface area (Å²) in [4.78, 5) is 11.1. The fourth-order valence-corrected chi connectivity index (χ4v) is 1.10. The van der Waals surface area contributed by atoms with Gasteiger partial charge in [0.1, 0.15) is 17.6 Å². The van der Waals surface area contributed by atoms with Gasteiger partial charge in [-0.1, -0.05) is 0 Å². The standard InChI is InChI=1S/C10H6F3NO3/c1-16-9(15)6-3-8(17-10(12)13)5(4-14)2-7(6)11/h2-3,10H,1H3. The van der Waals surface area contributed by atoms with Crippen LogP contribution in [0.4, 0.5) is 13.2 Å². The molecule has 7 heteroatoms. The molecule has 4 nitrogen and oxygen atoms in total. The van der Waals surface area contributed by atoms with E-state index in [-0.39, 0.29) is 0 Å². The molecule has 0 aromatic heterocycles. The van der Waals surface area contributed by atoms with Gasteiger partial charge in [-0.2, -0.15) is 14.0 Å². The van der Waals surface area contributed by atoms with Gasteiger partial charge in [0.2, 0.25) is 0 Å². The van der Waals surface area contributed by atoms with Crippen LogP contribution in [0, 0.1) is 17.1 Å². The summed E-state index contributed by atoms with van der Waals surface area (Å²) in [7, 11) is 1.01. The fourth-order valence-electron chi connectivity index (χ4n) is 1.10. The van der Waals surface area contributed by atoms with Crippen molar-refractivity contribution in [2.75, 3.05) is 7.11 Å². The Bertz CT molecular complexity index is 482. The minimum absolute atomic E-state index is 0.435. The van der Waals surface area contributed by atoms with Crippen LogP contribution in [0.5, 0.6) is 5.75 Å². The largest absolute Gasteiger partial charge is 0.465 e. The minimum Gasteiger partial charge on any atom is -0.465 e. The number of benzene rings is 1. The van der Waals surface area contributed by atoms with E-state index in [4.69, 9.17) is 5.26 Å². The molecule has 0 fully saturated rings. The van der Waals surface area contributed by atoms with Crippen LogP contribution in [0.25, 0.3) is 0 Å². The molecule has 0 unspecified atom stereocenters. The van der Waals surface area contributed by atoms with Crippen LogP contribution in [0.1, 0.15) is 15.9 Å². The Kier molecular flexibility index (Phi) is 3.93. The number of rotatable bonds is 3. The average Bonchev–Trinajstić information content (AvgIpc) is 2.29. The van der Waals surface area contributed by atoms with Crippen molar-refractivity contribution in [1.82, 2.24) is 0 Å². The summed E-state index contributed by atoms with van der Waals surface area (Å²) in [6.07, 6.45) is 0. The van der Waals surface area contributed by atoms with Crippen molar-refractivity contribution in [3.63, 3.8) is 0 Å². The van der Waals surface area contributed by atoms with E-state index >= 15 is 0 Å². The lowest BCUT2D eigenvalue weighted by Gasteiger charge is -2.08. The lowest BCUT2D eigenvalue weighted by atomic mass is 10.1. The van der Waals surface area contributed by atoms with E-state index in [1.807, 2.05) is 0 Å². The van der Waals surface area contributed by atoms with Gasteiger partial charge in [0.15, 0.2) is 0 Å². The number of nitrogens with zero attached hydrogens (tertiary/aromatic N) is 1. The Morgan fingerprint density at radius 2 is 2.12 bits per heavy atom. The molecule has 0 amide bonds. The first-order valence-corrected chi connectivity index (χ1v) is 4.26. The third-order valence-electron chi connectivity index (χ3n) is 1.81. The summed E-state index contributed by atoms with van der Waals surface area (Å²) in [5.41, 5.74) is -1.02. The SMILES string of the molecule is COC(=O)c1cc(OC(F)F)c(C#N)cc1F. The maximum atomic E-state index is 13.3. The molecule has 17 heavy (non-hydrogen) atoms. The van der Waals surface area contributed by atoms with Crippen LogP contribution in [0.2, 0.25) is 0 Å². The highest BCUT2D eigenvalue weighted by molar-refractivity contribution is 5.90. The number of carbonyl (C=O) groups is 1. The first kappa shape index (κ1) is 12.8. The molecule has 0 spiro atoms. The van der Waals surface area contributed by atoms with Gasteiger partial charge in [-0.05, 0) is 12.1 Å². The van der Waals surface area contributed by atoms with Gasteiger partial charge in [0.05, 0.1) is 18.2 Å². The summed E-state index contributed by atoms with van der Waals surface area (Å²) in [5.74, 6) is -2.68. The molecule has 1 rings (SSSR count). The van der Waals surface area contributed by atoms with Crippen LogP contribution in [-0.2, 0) is 4.74 Å². The first-order valence-electron chi connectivity index (χ1n) is 4.26. The normalized spacial score (nSPS) is 9.88. The minimum atomic E-state index is -3.18. The molecule has 0 radical (unpaired) electrons. The topological polar surface area (TPSA) is 59.3 Å². The van der Waals surface area contributed by atoms with E-state index in [0.29, 0.717) is 12.1 Å². The average molecular weight is 245 g/mol. The maximum Gasteiger partial charge on any atom is 0.387 e. The number of esters is 1. The number of hydrogen-bond acceptors (Lipinski definition) is 4. The Hall–Kier alpha value is -2.23. The first-order chi connectivity index (χ1) is 7.99. The number of hydrogen-bond donors (Lipinski definition) is 0. The number of halogens is 3. The zero-order chi connectivity index (χ0) is 13.0. The molecule has 0 saturated carbocycles. The van der Waals surface area contributed by atoms with Crippen molar-refractivity contribution < 1.29 is 27.4 Å². The Morgan fingerprint density at radius 1 is 1.47 bits per heavy atom. The predicted molar refractivity (Wildman–Crippen MR) is 49.1 cm³/mol. The Morgan fingerprint density at radius 3 is 2.59 bits per heavy atom. The second-order valence-electron chi connectivity index (χ2n) is 2.81. The van der Waals surface area contributed by atoms with Crippen LogP contribution in [0.15, 0.2) is 12.1 Å². The molecule has 0 aliphatic rings. The van der Waals surface area contributed by atoms with E-state index < -0.39 is 35.3 Å². The van der Waals surface area contributed by atoms with Gasteiger partial charge in [0.25, 0.3) is 0 Å². The molecular formula is C10H6F3NO3. The van der Waals surface area contributed by atoms with E-state index in [1.165, 1.54) is 6.07 Å². The molecule has 1 aromatic carbocycles. The van der Waals surface area contributed by atoms with E-state index in [2.05, 4.69) is 9.47 Å². The maximum absolute atomic E-state index is 13.3. The summed E-state index contributed by atoms with van der Waals surface area (Å²) < 4.78 is 45.6. The number of nitriles is 1. The Balaban J connectivity index is 3.28. The third kappa shape index (κ3) is 2.87. The van der Waals surface area contributed by atoms with Crippen LogP contribution < -0.4 is 4.74 Å². The Labute approximate surface area is 94.2 Å². The van der Waals surface area contributed by atoms with Gasteiger partial charge in [-0.15, -0.1) is 0 Å². The second-order valence-corrected chi connectivity index (χ2v) is 2.81. The predicted octanol–water partition coefficient (Wildman–Crippen LogP) is 2.09. The molecular weight excluding hydrogens is 239 g/mol. The molecule has 0 aliphatic heterocycles. The molecule has 0 aliphatic carbocycles. The smallest absolute Gasteiger partial charge is 0.387 e. The summed E-state index contributed by atoms with van der Waals surface area (Å²) in [5, 5.41) is 8.58. The van der Waals surface area contributed by atoms with Gasteiger partial charge in [-0.3, -0.25) is 0 Å². The van der Waals surface area contributed by atoms with Crippen molar-refractivity contribution >= 4 is 5.97 Å². The molecule has 0 heterocycles. The van der Waals surface area contributed by atoms with Crippen LogP contribution in [-0.4, -0.2) is 19.7 Å². The number of ether oxygens (including phenoxy) is 2. The zero-order valence-corrected chi connectivity index (χ0v) is 8.54. The highest BCUT2D eigenvalue weighted by atomic mass is 19.3. The van der Waals surface area contributed by atoms with Gasteiger partial charge in [0, 0.05) is 0 Å². The highest BCUT2D eigenvalue weighted by Crippen LogP contribution is 2.24. The van der Waals surface area contributed by atoms with E-state index in [0.717, 1.165) is 7.11 Å². The molecule has 0 N–H and O–H groups in total. The number of methoxy groups -OCH3 is 1. The van der Waals surface area contributed by atoms with Crippen molar-refractivity contribution in [3.05, 3.63) is 29.1 Å². The summed E-state index contributed by atoms with van der Waals surface area (Å²) in [6, 6.07) is 2.80. The summed E-state index contributed by atoms with van der Waals surface area (Å²) >= 11 is 0. The van der Waals surface area contributed by atoms with Crippen LogP contribution in [0.3, 0.4) is 0 Å². The van der Waals surface area contributed by atoms with E-state index in [9.17, 15) is 18.0 Å². The highest BCUT2D eigenvalue weighted by Gasteiger charge is 2.19. The third-order valence-corrected chi connectivity index (χ3v) is 1.81. The van der Waals surface area contributed by atoms with Gasteiger partial charge in [-0.25, -0.2) is 9.18 Å². The second kappa shape index (κ2) is 5.21. The van der Waals surface area contributed by atoms with Crippen molar-refractivity contribution in [3.8, 4) is 11.8 Å². The fraction of sp³-hybridized carbons (Fsp3) is 0.200. The number of carbonyl (C=O) groups excluding carboxylic acids is 1. The molecule has 1 aromatic rings. The van der Waals surface area contributed by atoms with Crippen molar-refractivity contribution in [1.29, 1.82) is 5.26 Å². The van der Waals surface area contributed by atoms with Gasteiger partial charge < -0.3 is 9.47 Å².